The van der Waals surface area contributed by atoms with Gasteiger partial charge in [0, 0.05) is 29.6 Å². The maximum Gasteiger partial charge on any atom is 0.305 e. The van der Waals surface area contributed by atoms with Gasteiger partial charge in [0.05, 0.1) is 25.6 Å². The van der Waals surface area contributed by atoms with E-state index < -0.39 is 18.2 Å². The SMILES string of the molecule is O=C(O)C[C@@H]1C[C@@H]2c3cc(NC(=O)Cc4ccncc4)ccc3O[C@@H]2[C@H](CO)O1. The van der Waals surface area contributed by atoms with Gasteiger partial charge < -0.3 is 25.0 Å². The highest BCUT2D eigenvalue weighted by atomic mass is 16.6. The lowest BCUT2D eigenvalue weighted by molar-refractivity contribution is -0.153. The summed E-state index contributed by atoms with van der Waals surface area (Å²) in [5.41, 5.74) is 2.41. The second-order valence-corrected chi connectivity index (χ2v) is 7.33. The molecule has 8 nitrogen and oxygen atoms in total. The number of hydrogen-bond donors (Lipinski definition) is 3. The fourth-order valence-electron chi connectivity index (χ4n) is 4.05. The Bertz CT molecular complexity index is 903. The number of nitrogens with one attached hydrogen (secondary N) is 1. The molecule has 1 aromatic carbocycles. The third-order valence-electron chi connectivity index (χ3n) is 5.30. The summed E-state index contributed by atoms with van der Waals surface area (Å²) in [7, 11) is 0. The Balaban J connectivity index is 1.50. The fraction of sp³-hybridized carbons (Fsp3) is 0.381. The van der Waals surface area contributed by atoms with Crippen LogP contribution in [0.3, 0.4) is 0 Å². The largest absolute Gasteiger partial charge is 0.487 e. The van der Waals surface area contributed by atoms with Crippen molar-refractivity contribution >= 4 is 17.6 Å². The number of hydrogen-bond acceptors (Lipinski definition) is 6. The first kappa shape index (κ1) is 19.4. The molecule has 0 radical (unpaired) electrons. The monoisotopic (exact) mass is 398 g/mol. The molecule has 1 fully saturated rings. The van der Waals surface area contributed by atoms with Crippen LogP contribution in [0.15, 0.2) is 42.7 Å². The fourth-order valence-corrected chi connectivity index (χ4v) is 4.05. The van der Waals surface area contributed by atoms with Gasteiger partial charge >= 0.3 is 5.97 Å². The molecule has 0 unspecified atom stereocenters. The number of aliphatic hydroxyl groups excluding tert-OH is 1. The number of benzene rings is 1. The van der Waals surface area contributed by atoms with Gasteiger partial charge in [0.15, 0.2) is 0 Å². The van der Waals surface area contributed by atoms with E-state index in [1.54, 1.807) is 36.7 Å². The van der Waals surface area contributed by atoms with Crippen molar-refractivity contribution in [1.82, 2.24) is 4.98 Å². The summed E-state index contributed by atoms with van der Waals surface area (Å²) in [5.74, 6) is -0.514. The van der Waals surface area contributed by atoms with Crippen LogP contribution in [0.4, 0.5) is 5.69 Å². The number of anilines is 1. The van der Waals surface area contributed by atoms with Crippen LogP contribution in [-0.2, 0) is 20.7 Å². The predicted molar refractivity (Wildman–Crippen MR) is 103 cm³/mol. The molecule has 2 aromatic rings. The average molecular weight is 398 g/mol. The number of carboxylic acids is 1. The molecule has 0 saturated carbocycles. The number of rotatable bonds is 6. The molecule has 1 amide bonds. The van der Waals surface area contributed by atoms with E-state index in [0.29, 0.717) is 17.9 Å². The minimum atomic E-state index is -0.943. The first-order valence-electron chi connectivity index (χ1n) is 9.51. The standard InChI is InChI=1S/C21H22N2O6/c24-11-18-21-16(9-14(28-18)10-20(26)27)15-8-13(1-2-17(15)29-21)23-19(25)7-12-3-5-22-6-4-12/h1-6,8,14,16,18,21,24H,7,9-11H2,(H,23,25)(H,26,27)/t14-,16+,18-,21-/m0/s1. The summed E-state index contributed by atoms with van der Waals surface area (Å²) in [6, 6.07) is 9.00. The van der Waals surface area contributed by atoms with Crippen LogP contribution >= 0.6 is 0 Å². The van der Waals surface area contributed by atoms with E-state index in [9.17, 15) is 14.7 Å². The highest BCUT2D eigenvalue weighted by Crippen LogP contribution is 2.47. The molecule has 0 spiro atoms. The number of aromatic nitrogens is 1. The Morgan fingerprint density at radius 3 is 2.72 bits per heavy atom. The second kappa shape index (κ2) is 8.18. The Labute approximate surface area is 167 Å². The first-order chi connectivity index (χ1) is 14.0. The van der Waals surface area contributed by atoms with Crippen LogP contribution in [0.5, 0.6) is 5.75 Å². The number of ether oxygens (including phenoxy) is 2. The lowest BCUT2D eigenvalue weighted by atomic mass is 9.84. The van der Waals surface area contributed by atoms with Crippen molar-refractivity contribution in [2.75, 3.05) is 11.9 Å². The van der Waals surface area contributed by atoms with Crippen molar-refractivity contribution in [2.24, 2.45) is 0 Å². The van der Waals surface area contributed by atoms with Gasteiger partial charge in [0.2, 0.25) is 5.91 Å². The van der Waals surface area contributed by atoms with Crippen molar-refractivity contribution in [1.29, 1.82) is 0 Å². The van der Waals surface area contributed by atoms with Crippen LogP contribution in [0, 0.1) is 0 Å². The number of carbonyl (C=O) groups excluding carboxylic acids is 1. The third kappa shape index (κ3) is 4.23. The zero-order valence-electron chi connectivity index (χ0n) is 15.7. The third-order valence-corrected chi connectivity index (χ3v) is 5.30. The van der Waals surface area contributed by atoms with Gasteiger partial charge in [-0.2, -0.15) is 0 Å². The van der Waals surface area contributed by atoms with Crippen molar-refractivity contribution < 1.29 is 29.3 Å². The maximum absolute atomic E-state index is 12.4. The van der Waals surface area contributed by atoms with E-state index in [0.717, 1.165) is 11.1 Å². The molecule has 29 heavy (non-hydrogen) atoms. The molecule has 0 aliphatic carbocycles. The number of amides is 1. The molecule has 1 saturated heterocycles. The molecular formula is C21H22N2O6. The number of pyridine rings is 1. The molecule has 8 heteroatoms. The zero-order chi connectivity index (χ0) is 20.4. The Kier molecular flexibility index (Phi) is 5.46. The second-order valence-electron chi connectivity index (χ2n) is 7.33. The number of aliphatic hydroxyl groups is 1. The Morgan fingerprint density at radius 2 is 2.00 bits per heavy atom. The van der Waals surface area contributed by atoms with Crippen LogP contribution in [0.25, 0.3) is 0 Å². The number of carboxylic acid groups (broad SMARTS) is 1. The molecule has 4 rings (SSSR count). The number of fused-ring (bicyclic) bond motifs is 3. The lowest BCUT2D eigenvalue weighted by Gasteiger charge is -2.36. The quantitative estimate of drug-likeness (QED) is 0.678. The van der Waals surface area contributed by atoms with E-state index in [1.165, 1.54) is 0 Å². The van der Waals surface area contributed by atoms with Crippen molar-refractivity contribution in [2.45, 2.75) is 43.5 Å². The van der Waals surface area contributed by atoms with Crippen molar-refractivity contribution in [3.05, 3.63) is 53.9 Å². The number of nitrogens with zero attached hydrogens (tertiary/aromatic N) is 1. The molecule has 4 atom stereocenters. The Morgan fingerprint density at radius 1 is 1.21 bits per heavy atom. The highest BCUT2D eigenvalue weighted by molar-refractivity contribution is 5.92. The summed E-state index contributed by atoms with van der Waals surface area (Å²) < 4.78 is 11.7. The zero-order valence-corrected chi connectivity index (χ0v) is 15.7. The lowest BCUT2D eigenvalue weighted by Crippen LogP contribution is -2.46. The van der Waals surface area contributed by atoms with Crippen molar-refractivity contribution in [3.8, 4) is 5.75 Å². The van der Waals surface area contributed by atoms with Gasteiger partial charge in [0.25, 0.3) is 0 Å². The van der Waals surface area contributed by atoms with Gasteiger partial charge in [0.1, 0.15) is 18.0 Å². The predicted octanol–water partition coefficient (Wildman–Crippen LogP) is 1.73. The van der Waals surface area contributed by atoms with E-state index in [-0.39, 0.29) is 37.4 Å². The van der Waals surface area contributed by atoms with Crippen LogP contribution in [-0.4, -0.2) is 52.0 Å². The van der Waals surface area contributed by atoms with Gasteiger partial charge in [-0.25, -0.2) is 0 Å². The number of aliphatic carboxylic acids is 1. The molecule has 0 bridgehead atoms. The van der Waals surface area contributed by atoms with E-state index in [4.69, 9.17) is 14.6 Å². The summed E-state index contributed by atoms with van der Waals surface area (Å²) >= 11 is 0. The first-order valence-corrected chi connectivity index (χ1v) is 9.51. The minimum absolute atomic E-state index is 0.0997. The van der Waals surface area contributed by atoms with Crippen molar-refractivity contribution in [3.63, 3.8) is 0 Å². The minimum Gasteiger partial charge on any atom is -0.487 e. The van der Waals surface area contributed by atoms with E-state index in [2.05, 4.69) is 10.3 Å². The van der Waals surface area contributed by atoms with Gasteiger partial charge in [-0.05, 0) is 42.3 Å². The number of carbonyl (C=O) groups is 2. The molecule has 3 heterocycles. The van der Waals surface area contributed by atoms with Gasteiger partial charge in [-0.3, -0.25) is 14.6 Å². The summed E-state index contributed by atoms with van der Waals surface area (Å²) in [6.45, 7) is -0.249. The normalized spacial score (nSPS) is 24.9. The summed E-state index contributed by atoms with van der Waals surface area (Å²) in [5, 5.41) is 21.7. The van der Waals surface area contributed by atoms with Crippen LogP contribution in [0.1, 0.15) is 29.9 Å². The molecule has 1 aromatic heterocycles. The molecule has 3 N–H and O–H groups in total. The molecular weight excluding hydrogens is 376 g/mol. The Hall–Kier alpha value is -2.97. The molecule has 2 aliphatic rings. The van der Waals surface area contributed by atoms with Crippen LogP contribution in [0.2, 0.25) is 0 Å². The highest BCUT2D eigenvalue weighted by Gasteiger charge is 2.46. The van der Waals surface area contributed by atoms with E-state index >= 15 is 0 Å². The molecule has 2 aliphatic heterocycles. The summed E-state index contributed by atoms with van der Waals surface area (Å²) in [4.78, 5) is 27.4. The average Bonchev–Trinajstić information content (AvgIpc) is 3.05. The van der Waals surface area contributed by atoms with E-state index in [1.807, 2.05) is 6.07 Å². The topological polar surface area (TPSA) is 118 Å². The van der Waals surface area contributed by atoms with Gasteiger partial charge in [-0.15, -0.1) is 0 Å². The van der Waals surface area contributed by atoms with Gasteiger partial charge in [-0.1, -0.05) is 0 Å². The smallest absolute Gasteiger partial charge is 0.305 e. The maximum atomic E-state index is 12.4. The van der Waals surface area contributed by atoms with Crippen LogP contribution < -0.4 is 10.1 Å². The summed E-state index contributed by atoms with van der Waals surface area (Å²) in [6.07, 6.45) is 2.43. The molecule has 152 valence electrons.